The minimum absolute atomic E-state index is 0.0115. The summed E-state index contributed by atoms with van der Waals surface area (Å²) in [6.45, 7) is 3.91. The molecule has 2 amide bonds. The van der Waals surface area contributed by atoms with Crippen LogP contribution in [0.25, 0.3) is 0 Å². The topological polar surface area (TPSA) is 79.5 Å². The second kappa shape index (κ2) is 11.0. The van der Waals surface area contributed by atoms with Crippen LogP contribution in [0.2, 0.25) is 0 Å². The lowest BCUT2D eigenvalue weighted by Crippen LogP contribution is -2.25. The fourth-order valence-corrected chi connectivity index (χ4v) is 2.51. The molecule has 27 heavy (non-hydrogen) atoms. The summed E-state index contributed by atoms with van der Waals surface area (Å²) >= 11 is 0. The maximum absolute atomic E-state index is 12.1. The maximum Gasteiger partial charge on any atom is 0.257 e. The predicted octanol–water partition coefficient (Wildman–Crippen LogP) is 2.24. The van der Waals surface area contributed by atoms with Crippen molar-refractivity contribution in [3.63, 3.8) is 0 Å². The Morgan fingerprint density at radius 1 is 1.04 bits per heavy atom. The highest BCUT2D eigenvalue weighted by molar-refractivity contribution is 5.94. The number of benzene rings is 2. The van der Waals surface area contributed by atoms with Gasteiger partial charge in [-0.25, -0.2) is 0 Å². The zero-order chi connectivity index (χ0) is 19.5. The third kappa shape index (κ3) is 6.75. The summed E-state index contributed by atoms with van der Waals surface area (Å²) in [7, 11) is 1.58. The predicted molar refractivity (Wildman–Crippen MR) is 106 cm³/mol. The number of nitrogens with one attached hydrogen (secondary N) is 3. The van der Waals surface area contributed by atoms with Crippen LogP contribution < -0.4 is 20.7 Å². The van der Waals surface area contributed by atoms with Crippen molar-refractivity contribution >= 4 is 11.8 Å². The van der Waals surface area contributed by atoms with Crippen molar-refractivity contribution in [2.24, 2.45) is 0 Å². The SMILES string of the molecule is CCCNC(=O)c1cccc(CNCc2ccccc2OCC(=O)NC)c1. The van der Waals surface area contributed by atoms with Gasteiger partial charge in [0.25, 0.3) is 11.8 Å². The quantitative estimate of drug-likeness (QED) is 0.600. The van der Waals surface area contributed by atoms with Gasteiger partial charge in [0.1, 0.15) is 5.75 Å². The molecule has 2 aromatic rings. The molecule has 0 aliphatic carbocycles. The first-order valence-electron chi connectivity index (χ1n) is 9.13. The largest absolute Gasteiger partial charge is 0.483 e. The number of para-hydroxylation sites is 1. The third-order valence-corrected chi connectivity index (χ3v) is 3.98. The Balaban J connectivity index is 1.91. The maximum atomic E-state index is 12.1. The summed E-state index contributed by atoms with van der Waals surface area (Å²) in [5.41, 5.74) is 2.67. The number of amides is 2. The van der Waals surface area contributed by atoms with E-state index in [1.54, 1.807) is 7.05 Å². The van der Waals surface area contributed by atoms with Crippen molar-refractivity contribution in [2.45, 2.75) is 26.4 Å². The second-order valence-electron chi connectivity index (χ2n) is 6.13. The van der Waals surface area contributed by atoms with Crippen LogP contribution in [0.5, 0.6) is 5.75 Å². The Morgan fingerprint density at radius 3 is 2.63 bits per heavy atom. The Kier molecular flexibility index (Phi) is 8.32. The normalized spacial score (nSPS) is 10.3. The molecule has 2 rings (SSSR count). The second-order valence-corrected chi connectivity index (χ2v) is 6.13. The molecule has 3 N–H and O–H groups in total. The fraction of sp³-hybridized carbons (Fsp3) is 0.333. The number of hydrogen-bond donors (Lipinski definition) is 3. The fourth-order valence-electron chi connectivity index (χ4n) is 2.51. The first kappa shape index (κ1) is 20.5. The number of rotatable bonds is 10. The zero-order valence-electron chi connectivity index (χ0n) is 15.9. The standard InChI is InChI=1S/C21H27N3O3/c1-3-11-24-21(26)17-9-6-7-16(12-17)13-23-14-18-8-4-5-10-19(18)27-15-20(25)22-2/h4-10,12,23H,3,11,13-15H2,1-2H3,(H,22,25)(H,24,26). The third-order valence-electron chi connectivity index (χ3n) is 3.98. The lowest BCUT2D eigenvalue weighted by Gasteiger charge is -2.12. The number of carbonyl (C=O) groups excluding carboxylic acids is 2. The molecular weight excluding hydrogens is 342 g/mol. The van der Waals surface area contributed by atoms with Crippen molar-refractivity contribution in [2.75, 3.05) is 20.2 Å². The van der Waals surface area contributed by atoms with Gasteiger partial charge < -0.3 is 20.7 Å². The van der Waals surface area contributed by atoms with Gasteiger partial charge in [-0.15, -0.1) is 0 Å². The van der Waals surface area contributed by atoms with E-state index in [0.717, 1.165) is 17.5 Å². The van der Waals surface area contributed by atoms with E-state index in [-0.39, 0.29) is 18.4 Å². The van der Waals surface area contributed by atoms with E-state index in [0.29, 0.717) is 30.9 Å². The number of ether oxygens (including phenoxy) is 1. The van der Waals surface area contributed by atoms with E-state index in [2.05, 4.69) is 16.0 Å². The van der Waals surface area contributed by atoms with Gasteiger partial charge in [0, 0.05) is 37.8 Å². The Labute approximate surface area is 160 Å². The molecule has 0 atom stereocenters. The van der Waals surface area contributed by atoms with E-state index in [9.17, 15) is 9.59 Å². The van der Waals surface area contributed by atoms with Crippen molar-refractivity contribution in [3.05, 3.63) is 65.2 Å². The minimum atomic E-state index is -0.170. The molecule has 0 aromatic heterocycles. The molecule has 0 unspecified atom stereocenters. The molecule has 0 radical (unpaired) electrons. The van der Waals surface area contributed by atoms with Crippen molar-refractivity contribution in [3.8, 4) is 5.75 Å². The summed E-state index contributed by atoms with van der Waals surface area (Å²) in [5, 5.41) is 8.78. The van der Waals surface area contributed by atoms with Gasteiger partial charge in [0.2, 0.25) is 0 Å². The van der Waals surface area contributed by atoms with E-state index >= 15 is 0 Å². The average Bonchev–Trinajstić information content (AvgIpc) is 2.71. The lowest BCUT2D eigenvalue weighted by atomic mass is 10.1. The molecule has 0 fully saturated rings. The average molecular weight is 369 g/mol. The lowest BCUT2D eigenvalue weighted by molar-refractivity contribution is -0.122. The summed E-state index contributed by atoms with van der Waals surface area (Å²) in [6.07, 6.45) is 0.911. The summed E-state index contributed by atoms with van der Waals surface area (Å²) < 4.78 is 5.58. The highest BCUT2D eigenvalue weighted by Gasteiger charge is 2.07. The molecule has 2 aromatic carbocycles. The van der Waals surface area contributed by atoms with Crippen LogP contribution >= 0.6 is 0 Å². The van der Waals surface area contributed by atoms with Crippen LogP contribution in [-0.4, -0.2) is 32.0 Å². The molecule has 6 nitrogen and oxygen atoms in total. The summed E-state index contributed by atoms with van der Waals surface area (Å²) in [6, 6.07) is 15.2. The minimum Gasteiger partial charge on any atom is -0.483 e. The molecule has 144 valence electrons. The summed E-state index contributed by atoms with van der Waals surface area (Å²) in [5.74, 6) is 0.462. The van der Waals surface area contributed by atoms with Gasteiger partial charge in [-0.3, -0.25) is 9.59 Å². The smallest absolute Gasteiger partial charge is 0.257 e. The Morgan fingerprint density at radius 2 is 1.85 bits per heavy atom. The van der Waals surface area contributed by atoms with Crippen LogP contribution in [0.3, 0.4) is 0 Å². The van der Waals surface area contributed by atoms with E-state index in [1.807, 2.05) is 55.5 Å². The number of carbonyl (C=O) groups is 2. The molecule has 0 spiro atoms. The monoisotopic (exact) mass is 369 g/mol. The van der Waals surface area contributed by atoms with E-state index in [1.165, 1.54) is 0 Å². The summed E-state index contributed by atoms with van der Waals surface area (Å²) in [4.78, 5) is 23.4. The Bertz CT molecular complexity index is 762. The van der Waals surface area contributed by atoms with Crippen molar-refractivity contribution in [1.82, 2.24) is 16.0 Å². The molecule has 0 aliphatic rings. The molecule has 0 heterocycles. The van der Waals surface area contributed by atoms with Crippen LogP contribution in [0.1, 0.15) is 34.8 Å². The van der Waals surface area contributed by atoms with Crippen LogP contribution in [-0.2, 0) is 17.9 Å². The van der Waals surface area contributed by atoms with Crippen molar-refractivity contribution < 1.29 is 14.3 Å². The first-order chi connectivity index (χ1) is 13.1. The van der Waals surface area contributed by atoms with Crippen LogP contribution in [0.15, 0.2) is 48.5 Å². The number of hydrogen-bond acceptors (Lipinski definition) is 4. The highest BCUT2D eigenvalue weighted by Crippen LogP contribution is 2.18. The van der Waals surface area contributed by atoms with Gasteiger partial charge >= 0.3 is 0 Å². The van der Waals surface area contributed by atoms with E-state index in [4.69, 9.17) is 4.74 Å². The highest BCUT2D eigenvalue weighted by atomic mass is 16.5. The molecule has 0 aliphatic heterocycles. The molecule has 0 saturated carbocycles. The molecule has 6 heteroatoms. The molecular formula is C21H27N3O3. The van der Waals surface area contributed by atoms with Crippen molar-refractivity contribution in [1.29, 1.82) is 0 Å². The molecule has 0 saturated heterocycles. The van der Waals surface area contributed by atoms with Crippen LogP contribution in [0.4, 0.5) is 0 Å². The van der Waals surface area contributed by atoms with Gasteiger partial charge in [0.05, 0.1) is 0 Å². The van der Waals surface area contributed by atoms with Gasteiger partial charge in [-0.05, 0) is 30.2 Å². The van der Waals surface area contributed by atoms with Gasteiger partial charge in [-0.2, -0.15) is 0 Å². The van der Waals surface area contributed by atoms with Gasteiger partial charge in [0.15, 0.2) is 6.61 Å². The Hall–Kier alpha value is -2.86. The number of likely N-dealkylation sites (N-methyl/N-ethyl adjacent to an activating group) is 1. The van der Waals surface area contributed by atoms with Crippen LogP contribution in [0, 0.1) is 0 Å². The molecule has 0 bridgehead atoms. The first-order valence-corrected chi connectivity index (χ1v) is 9.13. The zero-order valence-corrected chi connectivity index (χ0v) is 15.9. The van der Waals surface area contributed by atoms with E-state index < -0.39 is 0 Å². The van der Waals surface area contributed by atoms with Gasteiger partial charge in [-0.1, -0.05) is 37.3 Å².